The highest BCUT2D eigenvalue weighted by Gasteiger charge is 2.26. The van der Waals surface area contributed by atoms with Crippen molar-refractivity contribution < 1.29 is 27.4 Å². The number of alkyl halides is 3. The van der Waals surface area contributed by atoms with Gasteiger partial charge in [0, 0.05) is 18.7 Å². The fourth-order valence-electron chi connectivity index (χ4n) is 1.15. The summed E-state index contributed by atoms with van der Waals surface area (Å²) in [5.74, 6) is -0.365. The zero-order valence-electron chi connectivity index (χ0n) is 9.66. The minimum atomic E-state index is -4.18. The van der Waals surface area contributed by atoms with Gasteiger partial charge in [0.25, 0.3) is 0 Å². The Kier molecular flexibility index (Phi) is 4.94. The molecule has 0 aromatic carbocycles. The van der Waals surface area contributed by atoms with Gasteiger partial charge in [-0.25, -0.2) is 9.78 Å². The number of methoxy groups -OCH3 is 1. The van der Waals surface area contributed by atoms with E-state index < -0.39 is 18.6 Å². The summed E-state index contributed by atoms with van der Waals surface area (Å²) in [5.41, 5.74) is 0.250. The summed E-state index contributed by atoms with van der Waals surface area (Å²) in [7, 11) is 1.24. The summed E-state index contributed by atoms with van der Waals surface area (Å²) in [6, 6.07) is 2.83. The smallest absolute Gasteiger partial charge is 0.389 e. The van der Waals surface area contributed by atoms with Crippen molar-refractivity contribution >= 4 is 5.97 Å². The van der Waals surface area contributed by atoms with Crippen molar-refractivity contribution in [2.75, 3.05) is 13.7 Å². The van der Waals surface area contributed by atoms with Crippen LogP contribution in [0, 0.1) is 0 Å². The number of nitrogens with zero attached hydrogens (tertiary/aromatic N) is 1. The van der Waals surface area contributed by atoms with Crippen LogP contribution in [0.4, 0.5) is 13.2 Å². The highest BCUT2D eigenvalue weighted by atomic mass is 19.4. The van der Waals surface area contributed by atoms with E-state index in [0.717, 1.165) is 0 Å². The number of hydrogen-bond donors (Lipinski definition) is 0. The largest absolute Gasteiger partial charge is 0.478 e. The van der Waals surface area contributed by atoms with E-state index in [1.807, 2.05) is 0 Å². The first kappa shape index (κ1) is 14.3. The number of esters is 1. The molecule has 100 valence electrons. The SMILES string of the molecule is COC(=O)c1ccc(OCCCC(F)(F)F)nc1. The number of ether oxygens (including phenoxy) is 2. The van der Waals surface area contributed by atoms with Gasteiger partial charge < -0.3 is 9.47 Å². The number of pyridine rings is 1. The van der Waals surface area contributed by atoms with Crippen molar-refractivity contribution in [3.05, 3.63) is 23.9 Å². The Balaban J connectivity index is 2.38. The third-order valence-electron chi connectivity index (χ3n) is 2.01. The minimum Gasteiger partial charge on any atom is -0.478 e. The lowest BCUT2D eigenvalue weighted by molar-refractivity contribution is -0.136. The van der Waals surface area contributed by atoms with Crippen LogP contribution in [-0.2, 0) is 4.74 Å². The first-order chi connectivity index (χ1) is 8.42. The summed E-state index contributed by atoms with van der Waals surface area (Å²) >= 11 is 0. The van der Waals surface area contributed by atoms with Crippen LogP contribution in [0.1, 0.15) is 23.2 Å². The lowest BCUT2D eigenvalue weighted by atomic mass is 10.3. The number of aromatic nitrogens is 1. The normalized spacial score (nSPS) is 11.1. The molecule has 0 amide bonds. The lowest BCUT2D eigenvalue weighted by Crippen LogP contribution is -2.10. The number of rotatable bonds is 5. The van der Waals surface area contributed by atoms with Gasteiger partial charge in [0.2, 0.25) is 5.88 Å². The van der Waals surface area contributed by atoms with Crippen LogP contribution in [-0.4, -0.2) is 30.8 Å². The van der Waals surface area contributed by atoms with E-state index in [9.17, 15) is 18.0 Å². The standard InChI is InChI=1S/C11H12F3NO3/c1-17-10(16)8-3-4-9(15-7-8)18-6-2-5-11(12,13)14/h3-4,7H,2,5-6H2,1H3. The van der Waals surface area contributed by atoms with Gasteiger partial charge in [-0.05, 0) is 12.5 Å². The summed E-state index contributed by atoms with van der Waals surface area (Å²) < 4.78 is 45.0. The Morgan fingerprint density at radius 2 is 2.11 bits per heavy atom. The van der Waals surface area contributed by atoms with Gasteiger partial charge in [-0.3, -0.25) is 0 Å². The van der Waals surface area contributed by atoms with E-state index >= 15 is 0 Å². The van der Waals surface area contributed by atoms with Crippen LogP contribution >= 0.6 is 0 Å². The van der Waals surface area contributed by atoms with Crippen LogP contribution in [0.25, 0.3) is 0 Å². The van der Waals surface area contributed by atoms with Gasteiger partial charge in [-0.15, -0.1) is 0 Å². The maximum absolute atomic E-state index is 11.8. The van der Waals surface area contributed by atoms with E-state index in [1.165, 1.54) is 25.4 Å². The van der Waals surface area contributed by atoms with Gasteiger partial charge >= 0.3 is 12.1 Å². The number of hydrogen-bond acceptors (Lipinski definition) is 4. The van der Waals surface area contributed by atoms with Crippen LogP contribution in [0.3, 0.4) is 0 Å². The first-order valence-electron chi connectivity index (χ1n) is 5.16. The van der Waals surface area contributed by atoms with E-state index in [4.69, 9.17) is 4.74 Å². The molecule has 0 N–H and O–H groups in total. The van der Waals surface area contributed by atoms with Crippen LogP contribution in [0.5, 0.6) is 5.88 Å². The molecular formula is C11H12F3NO3. The molecule has 0 saturated carbocycles. The quantitative estimate of drug-likeness (QED) is 0.605. The van der Waals surface area contributed by atoms with Crippen molar-refractivity contribution in [3.63, 3.8) is 0 Å². The molecule has 0 saturated heterocycles. The van der Waals surface area contributed by atoms with E-state index in [1.54, 1.807) is 0 Å². The summed E-state index contributed by atoms with van der Waals surface area (Å²) in [4.78, 5) is 14.8. The Morgan fingerprint density at radius 1 is 1.39 bits per heavy atom. The highest BCUT2D eigenvalue weighted by Crippen LogP contribution is 2.21. The second-order valence-corrected chi connectivity index (χ2v) is 3.44. The average Bonchev–Trinajstić information content (AvgIpc) is 2.33. The van der Waals surface area contributed by atoms with Crippen molar-refractivity contribution in [1.82, 2.24) is 4.98 Å². The molecule has 7 heteroatoms. The average molecular weight is 263 g/mol. The highest BCUT2D eigenvalue weighted by molar-refractivity contribution is 5.88. The summed E-state index contributed by atoms with van der Waals surface area (Å²) in [6.45, 7) is -0.0793. The second-order valence-electron chi connectivity index (χ2n) is 3.44. The third kappa shape index (κ3) is 5.03. The summed E-state index contributed by atoms with van der Waals surface area (Å²) in [6.07, 6.45) is -3.96. The van der Waals surface area contributed by atoms with E-state index in [-0.39, 0.29) is 24.5 Å². The van der Waals surface area contributed by atoms with Gasteiger partial charge in [0.1, 0.15) is 0 Å². The maximum atomic E-state index is 11.8. The zero-order chi connectivity index (χ0) is 13.6. The molecule has 0 aliphatic heterocycles. The molecule has 1 aromatic rings. The van der Waals surface area contributed by atoms with Crippen molar-refractivity contribution in [2.24, 2.45) is 0 Å². The van der Waals surface area contributed by atoms with Gasteiger partial charge in [-0.1, -0.05) is 0 Å². The molecule has 0 fully saturated rings. The van der Waals surface area contributed by atoms with Gasteiger partial charge in [-0.2, -0.15) is 13.2 Å². The monoisotopic (exact) mass is 263 g/mol. The fraction of sp³-hybridized carbons (Fsp3) is 0.455. The topological polar surface area (TPSA) is 48.4 Å². The Morgan fingerprint density at radius 3 is 2.61 bits per heavy atom. The molecule has 1 heterocycles. The van der Waals surface area contributed by atoms with Crippen molar-refractivity contribution in [1.29, 1.82) is 0 Å². The Labute approximate surface area is 102 Å². The zero-order valence-corrected chi connectivity index (χ0v) is 9.66. The molecule has 0 radical (unpaired) electrons. The molecular weight excluding hydrogens is 251 g/mol. The molecule has 0 unspecified atom stereocenters. The molecule has 18 heavy (non-hydrogen) atoms. The fourth-order valence-corrected chi connectivity index (χ4v) is 1.15. The van der Waals surface area contributed by atoms with Crippen molar-refractivity contribution in [3.8, 4) is 5.88 Å². The molecule has 0 spiro atoms. The maximum Gasteiger partial charge on any atom is 0.389 e. The predicted octanol–water partition coefficient (Wildman–Crippen LogP) is 2.59. The molecule has 0 atom stereocenters. The lowest BCUT2D eigenvalue weighted by Gasteiger charge is -2.07. The van der Waals surface area contributed by atoms with E-state index in [0.29, 0.717) is 0 Å². The predicted molar refractivity (Wildman–Crippen MR) is 56.4 cm³/mol. The minimum absolute atomic E-state index is 0.0793. The van der Waals surface area contributed by atoms with Crippen LogP contribution in [0.15, 0.2) is 18.3 Å². The summed E-state index contributed by atoms with van der Waals surface area (Å²) in [5, 5.41) is 0. The number of halogens is 3. The van der Waals surface area contributed by atoms with Crippen molar-refractivity contribution in [2.45, 2.75) is 19.0 Å². The molecule has 1 aromatic heterocycles. The molecule has 0 aliphatic rings. The van der Waals surface area contributed by atoms with Crippen LogP contribution < -0.4 is 4.74 Å². The molecule has 1 rings (SSSR count). The van der Waals surface area contributed by atoms with Gasteiger partial charge in [0.15, 0.2) is 0 Å². The molecule has 4 nitrogen and oxygen atoms in total. The molecule has 0 aliphatic carbocycles. The van der Waals surface area contributed by atoms with E-state index in [2.05, 4.69) is 9.72 Å². The van der Waals surface area contributed by atoms with Crippen LogP contribution in [0.2, 0.25) is 0 Å². The number of carbonyl (C=O) groups excluding carboxylic acids is 1. The van der Waals surface area contributed by atoms with Gasteiger partial charge in [0.05, 0.1) is 19.3 Å². The first-order valence-corrected chi connectivity index (χ1v) is 5.16. The Hall–Kier alpha value is -1.79. The Bertz CT molecular complexity index is 390. The third-order valence-corrected chi connectivity index (χ3v) is 2.01. The second kappa shape index (κ2) is 6.23. The molecule has 0 bridgehead atoms. The number of carbonyl (C=O) groups is 1.